The van der Waals surface area contributed by atoms with Crippen molar-refractivity contribution in [2.45, 2.75) is 0 Å². The second-order valence-corrected chi connectivity index (χ2v) is 27.2. The van der Waals surface area contributed by atoms with Crippen molar-refractivity contribution in [1.29, 1.82) is 0 Å². The maximum Gasteiger partial charge on any atom is -0.00201 e. The summed E-state index contributed by atoms with van der Waals surface area (Å²) in [6.45, 7) is 0. The molecule has 0 aliphatic carbocycles. The molecule has 20 rings (SSSR count). The van der Waals surface area contributed by atoms with Crippen LogP contribution in [0.4, 0.5) is 0 Å². The molecule has 0 amide bonds. The molecule has 20 aromatic carbocycles. The maximum absolute atomic E-state index is 2.40. The van der Waals surface area contributed by atoms with Gasteiger partial charge in [-0.05, 0) is 222 Å². The molecule has 0 fully saturated rings. The second kappa shape index (κ2) is 26.5. The van der Waals surface area contributed by atoms with Crippen molar-refractivity contribution in [3.8, 4) is 111 Å². The molecule has 0 heterocycles. The SMILES string of the molecule is c1ccc(-c2cccc(-c3ccc4ccc(-c5c6ccccc6c(-c6cccc7ccccc67)c6ccccc56)cc4c3)c2-c2ccccc2)cc1.c1ccc(-c2ccccc2-c2ccccc2-c2ccc3ccc(-c4c5ccccc5c(-c5cccc6ccccc56)c5ccccc45)cc3c2)cc1. The van der Waals surface area contributed by atoms with E-state index in [9.17, 15) is 0 Å². The van der Waals surface area contributed by atoms with Crippen LogP contribution < -0.4 is 0 Å². The summed E-state index contributed by atoms with van der Waals surface area (Å²) in [6.07, 6.45) is 0. The summed E-state index contributed by atoms with van der Waals surface area (Å²) in [7, 11) is 0. The lowest BCUT2D eigenvalue weighted by Crippen LogP contribution is -1.92. The molecule has 0 spiro atoms. The monoisotopic (exact) mass is 1320 g/mol. The Morgan fingerprint density at radius 1 is 0.0962 bits per heavy atom. The van der Waals surface area contributed by atoms with Gasteiger partial charge < -0.3 is 0 Å². The van der Waals surface area contributed by atoms with Crippen LogP contribution in [0.2, 0.25) is 0 Å². The minimum atomic E-state index is 1.21. The lowest BCUT2D eigenvalue weighted by atomic mass is 9.84. The van der Waals surface area contributed by atoms with Crippen LogP contribution in [0.3, 0.4) is 0 Å². The minimum absolute atomic E-state index is 1.21. The van der Waals surface area contributed by atoms with Crippen molar-refractivity contribution in [3.05, 3.63) is 413 Å². The highest BCUT2D eigenvalue weighted by Gasteiger charge is 2.22. The first kappa shape index (κ1) is 61.6. The summed E-state index contributed by atoms with van der Waals surface area (Å²) in [5.41, 5.74) is 24.9. The van der Waals surface area contributed by atoms with Gasteiger partial charge >= 0.3 is 0 Å². The van der Waals surface area contributed by atoms with Gasteiger partial charge in [0.25, 0.3) is 0 Å². The minimum Gasteiger partial charge on any atom is -0.0622 e. The molecular weight excluding hydrogens is 1250 g/mol. The zero-order chi connectivity index (χ0) is 68.9. The van der Waals surface area contributed by atoms with Crippen LogP contribution in [-0.4, -0.2) is 0 Å². The van der Waals surface area contributed by atoms with Gasteiger partial charge in [0.2, 0.25) is 0 Å². The quantitative estimate of drug-likeness (QED) is 0.120. The van der Waals surface area contributed by atoms with Crippen molar-refractivity contribution < 1.29 is 0 Å². The van der Waals surface area contributed by atoms with E-state index in [1.807, 2.05) is 0 Å². The van der Waals surface area contributed by atoms with E-state index in [-0.39, 0.29) is 0 Å². The molecule has 0 aromatic heterocycles. The Morgan fingerprint density at radius 2 is 0.346 bits per heavy atom. The van der Waals surface area contributed by atoms with E-state index in [2.05, 4.69) is 413 Å². The Morgan fingerprint density at radius 3 is 0.760 bits per heavy atom. The van der Waals surface area contributed by atoms with Crippen LogP contribution in [0.1, 0.15) is 0 Å². The largest absolute Gasteiger partial charge is 0.0622 e. The summed E-state index contributed by atoms with van der Waals surface area (Å²) >= 11 is 0. The average molecular weight is 1320 g/mol. The molecule has 0 aliphatic rings. The third-order valence-electron chi connectivity index (χ3n) is 21.3. The van der Waals surface area contributed by atoms with Crippen LogP contribution in [0.25, 0.3) is 197 Å². The van der Waals surface area contributed by atoms with Crippen molar-refractivity contribution in [1.82, 2.24) is 0 Å². The second-order valence-electron chi connectivity index (χ2n) is 27.2. The van der Waals surface area contributed by atoms with Gasteiger partial charge in [0.05, 0.1) is 0 Å². The van der Waals surface area contributed by atoms with E-state index in [1.165, 1.54) is 197 Å². The Kier molecular flexibility index (Phi) is 15.7. The first-order valence-electron chi connectivity index (χ1n) is 36.0. The van der Waals surface area contributed by atoms with Crippen LogP contribution in [0, 0.1) is 0 Å². The lowest BCUT2D eigenvalue weighted by molar-refractivity contribution is 1.56. The van der Waals surface area contributed by atoms with Gasteiger partial charge in [-0.1, -0.05) is 388 Å². The van der Waals surface area contributed by atoms with E-state index in [0.29, 0.717) is 0 Å². The summed E-state index contributed by atoms with van der Waals surface area (Å²) in [5.74, 6) is 0. The van der Waals surface area contributed by atoms with Gasteiger partial charge in [0.15, 0.2) is 0 Å². The normalized spacial score (nSPS) is 11.5. The molecule has 20 aromatic rings. The Hall–Kier alpha value is -13.5. The van der Waals surface area contributed by atoms with Crippen molar-refractivity contribution in [2.24, 2.45) is 0 Å². The Balaban J connectivity index is 0.000000143. The van der Waals surface area contributed by atoms with Gasteiger partial charge in [0, 0.05) is 0 Å². The van der Waals surface area contributed by atoms with E-state index in [1.54, 1.807) is 0 Å². The molecule has 484 valence electrons. The molecule has 0 nitrogen and oxygen atoms in total. The number of rotatable bonds is 10. The molecule has 0 bridgehead atoms. The smallest absolute Gasteiger partial charge is 0.00201 e. The fourth-order valence-electron chi connectivity index (χ4n) is 16.6. The summed E-state index contributed by atoms with van der Waals surface area (Å²) in [5, 5.41) is 20.1. The molecule has 0 radical (unpaired) electrons. The zero-order valence-electron chi connectivity index (χ0n) is 57.3. The Labute approximate surface area is 606 Å². The third-order valence-corrected chi connectivity index (χ3v) is 21.3. The van der Waals surface area contributed by atoms with Crippen LogP contribution in [0.15, 0.2) is 413 Å². The number of fused-ring (bicyclic) bond motifs is 8. The Bertz CT molecular complexity index is 6580. The zero-order valence-corrected chi connectivity index (χ0v) is 57.3. The average Bonchev–Trinajstić information content (AvgIpc) is 0.734. The molecule has 104 heavy (non-hydrogen) atoms. The number of hydrogen-bond donors (Lipinski definition) is 0. The lowest BCUT2D eigenvalue weighted by Gasteiger charge is -2.19. The molecule has 0 heteroatoms. The van der Waals surface area contributed by atoms with E-state index in [4.69, 9.17) is 0 Å². The summed E-state index contributed by atoms with van der Waals surface area (Å²) in [4.78, 5) is 0. The summed E-state index contributed by atoms with van der Waals surface area (Å²) < 4.78 is 0. The predicted octanol–water partition coefficient (Wildman–Crippen LogP) is 29.3. The highest BCUT2D eigenvalue weighted by molar-refractivity contribution is 6.26. The van der Waals surface area contributed by atoms with E-state index in [0.717, 1.165) is 0 Å². The van der Waals surface area contributed by atoms with Crippen LogP contribution in [0.5, 0.6) is 0 Å². The predicted molar refractivity (Wildman–Crippen MR) is 447 cm³/mol. The fraction of sp³-hybridized carbons (Fsp3) is 0. The molecule has 0 unspecified atom stereocenters. The molecule has 0 atom stereocenters. The topological polar surface area (TPSA) is 0 Å². The third kappa shape index (κ3) is 11.0. The summed E-state index contributed by atoms with van der Waals surface area (Å²) in [6, 6.07) is 151. The van der Waals surface area contributed by atoms with Gasteiger partial charge in [-0.15, -0.1) is 0 Å². The molecular formula is C104H68. The molecule has 0 aliphatic heterocycles. The van der Waals surface area contributed by atoms with E-state index < -0.39 is 0 Å². The van der Waals surface area contributed by atoms with Gasteiger partial charge in [-0.2, -0.15) is 0 Å². The molecule has 0 saturated heterocycles. The number of benzene rings is 20. The van der Waals surface area contributed by atoms with Crippen molar-refractivity contribution >= 4 is 86.2 Å². The van der Waals surface area contributed by atoms with Crippen molar-refractivity contribution in [2.75, 3.05) is 0 Å². The van der Waals surface area contributed by atoms with Gasteiger partial charge in [-0.25, -0.2) is 0 Å². The van der Waals surface area contributed by atoms with Crippen LogP contribution in [-0.2, 0) is 0 Å². The first-order valence-corrected chi connectivity index (χ1v) is 36.0. The van der Waals surface area contributed by atoms with Gasteiger partial charge in [-0.3, -0.25) is 0 Å². The van der Waals surface area contributed by atoms with E-state index >= 15 is 0 Å². The van der Waals surface area contributed by atoms with Crippen LogP contribution >= 0.6 is 0 Å². The number of hydrogen-bond acceptors (Lipinski definition) is 0. The molecule has 0 saturated carbocycles. The highest BCUT2D eigenvalue weighted by Crippen LogP contribution is 2.50. The van der Waals surface area contributed by atoms with Gasteiger partial charge in [0.1, 0.15) is 0 Å². The van der Waals surface area contributed by atoms with Crippen molar-refractivity contribution in [3.63, 3.8) is 0 Å². The highest BCUT2D eigenvalue weighted by atomic mass is 14.3. The maximum atomic E-state index is 2.40. The fourth-order valence-corrected chi connectivity index (χ4v) is 16.6. The first-order chi connectivity index (χ1) is 51.6. The molecule has 0 N–H and O–H groups in total. The standard InChI is InChI=1S/2C52H34/c1-3-15-37(16-4-1)43-26-14-27-44(50(43)38-18-5-2-6-19-38)39-31-29-35-30-32-40(34-41(35)33-39)51-46-22-9-11-24-48(46)52(49-25-12-10-23-47(49)51)45-28-13-20-36-17-7-8-21-42(36)45;1-2-15-36(16-3-1)41-19-6-8-22-44(41)45-23-9-7-21-43(45)38-31-29-35-30-32-39(34-40(35)33-38)51-47-24-10-12-26-49(47)52(50-27-13-11-25-48(50)51)46-28-14-18-37-17-4-5-20-42(37)46/h2*1-34H.